The molecule has 1 aromatic heterocycles. The lowest BCUT2D eigenvalue weighted by atomic mass is 10.2. The molecule has 0 atom stereocenters. The Morgan fingerprint density at radius 3 is 1.90 bits per heavy atom. The summed E-state index contributed by atoms with van der Waals surface area (Å²) in [6.45, 7) is 9.93. The Morgan fingerprint density at radius 1 is 0.950 bits per heavy atom. The highest BCUT2D eigenvalue weighted by Gasteiger charge is 2.10. The van der Waals surface area contributed by atoms with Crippen LogP contribution >= 0.6 is 0 Å². The zero-order valence-corrected chi connectivity index (χ0v) is 11.6. The van der Waals surface area contributed by atoms with E-state index in [1.54, 1.807) is 0 Å². The van der Waals surface area contributed by atoms with Gasteiger partial charge in [-0.05, 0) is 31.2 Å². The average molecular weight is 259 g/mol. The standard InChI is InChI=1S/C19H17N/c1-4-15(13-14(2)3)20-18-11-7-5-9-16(18)17-10-6-8-12-19(17)20/h4-13H,1-2H2,3H3/b15-13+. The smallest absolute Gasteiger partial charge is 0.0541 e. The number of allylic oxidation sites excluding steroid dienone is 4. The largest absolute Gasteiger partial charge is 0.309 e. The highest BCUT2D eigenvalue weighted by atomic mass is 15.0. The van der Waals surface area contributed by atoms with Crippen LogP contribution in [0.5, 0.6) is 0 Å². The molecule has 1 nitrogen and oxygen atoms in total. The van der Waals surface area contributed by atoms with Crippen molar-refractivity contribution in [1.29, 1.82) is 0 Å². The highest BCUT2D eigenvalue weighted by Crippen LogP contribution is 2.31. The van der Waals surface area contributed by atoms with Crippen molar-refractivity contribution in [3.05, 3.63) is 79.4 Å². The maximum Gasteiger partial charge on any atom is 0.0541 e. The van der Waals surface area contributed by atoms with Gasteiger partial charge in [0.2, 0.25) is 0 Å². The third-order valence-corrected chi connectivity index (χ3v) is 3.44. The van der Waals surface area contributed by atoms with Crippen molar-refractivity contribution in [1.82, 2.24) is 4.57 Å². The Balaban J connectivity index is 2.49. The van der Waals surface area contributed by atoms with E-state index in [2.05, 4.69) is 72.3 Å². The van der Waals surface area contributed by atoms with Gasteiger partial charge in [-0.3, -0.25) is 0 Å². The van der Waals surface area contributed by atoms with E-state index < -0.39 is 0 Å². The van der Waals surface area contributed by atoms with Gasteiger partial charge in [-0.2, -0.15) is 0 Å². The van der Waals surface area contributed by atoms with E-state index >= 15 is 0 Å². The predicted octanol–water partition coefficient (Wildman–Crippen LogP) is 5.40. The molecule has 0 saturated heterocycles. The van der Waals surface area contributed by atoms with Crippen molar-refractivity contribution >= 4 is 27.5 Å². The minimum atomic E-state index is 1.02. The third kappa shape index (κ3) is 1.88. The van der Waals surface area contributed by atoms with Crippen LogP contribution in [0.2, 0.25) is 0 Å². The van der Waals surface area contributed by atoms with Gasteiger partial charge < -0.3 is 4.57 Å². The maximum atomic E-state index is 3.98. The Morgan fingerprint density at radius 2 is 1.45 bits per heavy atom. The van der Waals surface area contributed by atoms with E-state index in [1.807, 2.05) is 13.0 Å². The van der Waals surface area contributed by atoms with Crippen molar-refractivity contribution in [2.45, 2.75) is 6.92 Å². The van der Waals surface area contributed by atoms with Gasteiger partial charge in [0.25, 0.3) is 0 Å². The first-order chi connectivity index (χ1) is 9.72. The molecule has 0 unspecified atom stereocenters. The maximum absolute atomic E-state index is 3.98. The van der Waals surface area contributed by atoms with E-state index in [1.165, 1.54) is 21.8 Å². The topological polar surface area (TPSA) is 4.93 Å². The molecule has 0 spiro atoms. The van der Waals surface area contributed by atoms with Gasteiger partial charge in [-0.25, -0.2) is 0 Å². The SMILES string of the molecule is C=C/C(=C\C(=C)C)n1c2ccccc2c2ccccc21. The summed E-state index contributed by atoms with van der Waals surface area (Å²) in [5.41, 5.74) is 4.46. The molecule has 0 saturated carbocycles. The van der Waals surface area contributed by atoms with E-state index in [4.69, 9.17) is 0 Å². The molecular weight excluding hydrogens is 242 g/mol. The number of rotatable bonds is 3. The lowest BCUT2D eigenvalue weighted by molar-refractivity contribution is 1.23. The Hall–Kier alpha value is -2.54. The molecule has 1 heteroatoms. The fourth-order valence-electron chi connectivity index (χ4n) is 2.67. The molecule has 98 valence electrons. The molecule has 0 fully saturated rings. The highest BCUT2D eigenvalue weighted by molar-refractivity contribution is 6.10. The van der Waals surface area contributed by atoms with Crippen LogP contribution in [-0.4, -0.2) is 4.57 Å². The number of hydrogen-bond donors (Lipinski definition) is 0. The molecule has 3 aromatic rings. The summed E-state index contributed by atoms with van der Waals surface area (Å²) >= 11 is 0. The van der Waals surface area contributed by atoms with Crippen LogP contribution in [0.3, 0.4) is 0 Å². The minimum Gasteiger partial charge on any atom is -0.309 e. The van der Waals surface area contributed by atoms with Crippen LogP contribution in [0, 0.1) is 0 Å². The Labute approximate surface area is 119 Å². The second kappa shape index (κ2) is 4.86. The minimum absolute atomic E-state index is 1.02. The summed E-state index contributed by atoms with van der Waals surface area (Å²) in [5.74, 6) is 0. The van der Waals surface area contributed by atoms with E-state index in [0.717, 1.165) is 11.3 Å². The molecule has 0 N–H and O–H groups in total. The molecule has 0 aliphatic carbocycles. The normalized spacial score (nSPS) is 11.9. The molecule has 20 heavy (non-hydrogen) atoms. The molecule has 0 aliphatic rings. The zero-order valence-electron chi connectivity index (χ0n) is 11.6. The van der Waals surface area contributed by atoms with Crippen LogP contribution in [-0.2, 0) is 0 Å². The predicted molar refractivity (Wildman–Crippen MR) is 88.7 cm³/mol. The first-order valence-corrected chi connectivity index (χ1v) is 6.70. The number of para-hydroxylation sites is 2. The molecule has 3 rings (SSSR count). The Kier molecular flexibility index (Phi) is 3.03. The molecule has 1 heterocycles. The van der Waals surface area contributed by atoms with Gasteiger partial charge >= 0.3 is 0 Å². The van der Waals surface area contributed by atoms with Crippen molar-refractivity contribution in [2.24, 2.45) is 0 Å². The van der Waals surface area contributed by atoms with Crippen LogP contribution < -0.4 is 0 Å². The fourth-order valence-corrected chi connectivity index (χ4v) is 2.67. The fraction of sp³-hybridized carbons (Fsp3) is 0.0526. The molecule has 0 aliphatic heterocycles. The number of nitrogens with zero attached hydrogens (tertiary/aromatic N) is 1. The van der Waals surface area contributed by atoms with Gasteiger partial charge in [-0.15, -0.1) is 0 Å². The summed E-state index contributed by atoms with van der Waals surface area (Å²) in [7, 11) is 0. The summed E-state index contributed by atoms with van der Waals surface area (Å²) in [6, 6.07) is 16.9. The molecule has 0 amide bonds. The zero-order chi connectivity index (χ0) is 14.1. The summed E-state index contributed by atoms with van der Waals surface area (Å²) in [4.78, 5) is 0. The second-order valence-electron chi connectivity index (χ2n) is 4.99. The van der Waals surface area contributed by atoms with Crippen molar-refractivity contribution in [2.75, 3.05) is 0 Å². The average Bonchev–Trinajstić information content (AvgIpc) is 2.79. The molecule has 0 bridgehead atoms. The monoisotopic (exact) mass is 259 g/mol. The van der Waals surface area contributed by atoms with Crippen molar-refractivity contribution < 1.29 is 0 Å². The quantitative estimate of drug-likeness (QED) is 0.555. The van der Waals surface area contributed by atoms with E-state index in [0.29, 0.717) is 0 Å². The summed E-state index contributed by atoms with van der Waals surface area (Å²) < 4.78 is 2.24. The van der Waals surface area contributed by atoms with Gasteiger partial charge in [0, 0.05) is 16.5 Å². The van der Waals surface area contributed by atoms with Gasteiger partial charge in [0.05, 0.1) is 11.0 Å². The number of fused-ring (bicyclic) bond motifs is 3. The first kappa shape index (κ1) is 12.5. The van der Waals surface area contributed by atoms with E-state index in [9.17, 15) is 0 Å². The van der Waals surface area contributed by atoms with Gasteiger partial charge in [0.1, 0.15) is 0 Å². The lowest BCUT2D eigenvalue weighted by Gasteiger charge is -2.08. The van der Waals surface area contributed by atoms with Crippen LogP contribution in [0.25, 0.3) is 27.5 Å². The lowest BCUT2D eigenvalue weighted by Crippen LogP contribution is -1.94. The molecule has 2 aromatic carbocycles. The van der Waals surface area contributed by atoms with Crippen LogP contribution in [0.4, 0.5) is 0 Å². The Bertz CT molecular complexity index is 793. The van der Waals surface area contributed by atoms with E-state index in [-0.39, 0.29) is 0 Å². The molecular formula is C19H17N. The third-order valence-electron chi connectivity index (χ3n) is 3.44. The molecule has 0 radical (unpaired) electrons. The summed E-state index contributed by atoms with van der Waals surface area (Å²) in [6.07, 6.45) is 3.94. The second-order valence-corrected chi connectivity index (χ2v) is 4.99. The van der Waals surface area contributed by atoms with Gasteiger partial charge in [-0.1, -0.05) is 55.1 Å². The van der Waals surface area contributed by atoms with Crippen molar-refractivity contribution in [3.63, 3.8) is 0 Å². The number of hydrogen-bond acceptors (Lipinski definition) is 0. The van der Waals surface area contributed by atoms with Gasteiger partial charge in [0.15, 0.2) is 0 Å². The number of aromatic nitrogens is 1. The van der Waals surface area contributed by atoms with Crippen LogP contribution in [0.1, 0.15) is 6.92 Å². The van der Waals surface area contributed by atoms with Crippen molar-refractivity contribution in [3.8, 4) is 0 Å². The van der Waals surface area contributed by atoms with Crippen LogP contribution in [0.15, 0.2) is 79.4 Å². The summed E-state index contributed by atoms with van der Waals surface area (Å²) in [5, 5.41) is 2.52. The first-order valence-electron chi connectivity index (χ1n) is 6.70. The number of benzene rings is 2.